The van der Waals surface area contributed by atoms with E-state index in [-0.39, 0.29) is 18.3 Å². The Morgan fingerprint density at radius 3 is 2.00 bits per heavy atom. The zero-order valence-electron chi connectivity index (χ0n) is 16.3. The number of hydrogen-bond donors (Lipinski definition) is 1. The van der Waals surface area contributed by atoms with Crippen LogP contribution in [0.1, 0.15) is 53.0 Å². The van der Waals surface area contributed by atoms with Crippen LogP contribution in [-0.4, -0.2) is 53.6 Å². The summed E-state index contributed by atoms with van der Waals surface area (Å²) < 4.78 is 12.2. The number of nitrogens with zero attached hydrogens (tertiary/aromatic N) is 1. The van der Waals surface area contributed by atoms with Crippen molar-refractivity contribution in [1.29, 1.82) is 0 Å². The van der Waals surface area contributed by atoms with Crippen molar-refractivity contribution < 1.29 is 14.4 Å². The molecule has 0 saturated carbocycles. The van der Waals surface area contributed by atoms with Gasteiger partial charge >= 0.3 is 7.12 Å². The molecule has 0 spiro atoms. The van der Waals surface area contributed by atoms with Gasteiger partial charge in [-0.15, -0.1) is 0 Å². The predicted molar refractivity (Wildman–Crippen MR) is 102 cm³/mol. The van der Waals surface area contributed by atoms with Gasteiger partial charge in [-0.05, 0) is 64.9 Å². The van der Waals surface area contributed by atoms with Crippen LogP contribution in [0.4, 0.5) is 0 Å². The van der Waals surface area contributed by atoms with E-state index in [1.807, 2.05) is 6.92 Å². The Morgan fingerprint density at radius 1 is 0.960 bits per heavy atom. The van der Waals surface area contributed by atoms with Crippen molar-refractivity contribution in [2.75, 3.05) is 19.6 Å². The Bertz CT molecular complexity index is 571. The Kier molecular flexibility index (Phi) is 5.06. The lowest BCUT2D eigenvalue weighted by molar-refractivity contribution is -0.00491. The van der Waals surface area contributed by atoms with Crippen molar-refractivity contribution in [1.82, 2.24) is 4.90 Å². The lowest BCUT2D eigenvalue weighted by atomic mass is 9.79. The van der Waals surface area contributed by atoms with Crippen LogP contribution in [0.15, 0.2) is 24.3 Å². The predicted octanol–water partition coefficient (Wildman–Crippen LogP) is 2.38. The Hall–Kier alpha value is -0.875. The standard InChI is InChI=1S/C20H32BNO3/c1-18(2)19(3,4)25-21(24-18)17-8-6-16(7-9-17)10-13-22-14-11-20(5,23)12-15-22/h6-9,23H,10-15H2,1-5H3. The average molecular weight is 345 g/mol. The van der Waals surface area contributed by atoms with Gasteiger partial charge in [0.15, 0.2) is 0 Å². The van der Waals surface area contributed by atoms with Crippen LogP contribution in [-0.2, 0) is 15.7 Å². The van der Waals surface area contributed by atoms with Gasteiger partial charge in [-0.2, -0.15) is 0 Å². The largest absolute Gasteiger partial charge is 0.494 e. The van der Waals surface area contributed by atoms with E-state index in [0.717, 1.165) is 44.4 Å². The molecule has 2 heterocycles. The molecule has 5 heteroatoms. The van der Waals surface area contributed by atoms with Gasteiger partial charge in [0.2, 0.25) is 0 Å². The molecule has 138 valence electrons. The quantitative estimate of drug-likeness (QED) is 0.851. The first-order valence-electron chi connectivity index (χ1n) is 9.47. The molecule has 2 fully saturated rings. The first kappa shape index (κ1) is 18.9. The molecule has 1 aromatic carbocycles. The zero-order chi connectivity index (χ0) is 18.3. The number of likely N-dealkylation sites (tertiary alicyclic amines) is 1. The summed E-state index contributed by atoms with van der Waals surface area (Å²) in [6.07, 6.45) is 2.77. The topological polar surface area (TPSA) is 41.9 Å². The smallest absolute Gasteiger partial charge is 0.399 e. The third kappa shape index (κ3) is 4.28. The number of benzene rings is 1. The Labute approximate surface area is 152 Å². The second-order valence-corrected chi connectivity index (χ2v) is 8.92. The van der Waals surface area contributed by atoms with E-state index in [1.54, 1.807) is 0 Å². The second kappa shape index (κ2) is 6.69. The SMILES string of the molecule is CC1(O)CCN(CCc2ccc(B3OC(C)(C)C(C)(C)O3)cc2)CC1. The highest BCUT2D eigenvalue weighted by Gasteiger charge is 2.51. The Morgan fingerprint density at radius 2 is 1.48 bits per heavy atom. The number of piperidine rings is 1. The van der Waals surface area contributed by atoms with Crippen molar-refractivity contribution in [2.24, 2.45) is 0 Å². The van der Waals surface area contributed by atoms with E-state index in [9.17, 15) is 5.11 Å². The molecule has 2 aliphatic heterocycles. The number of rotatable bonds is 4. The molecule has 0 aliphatic carbocycles. The lowest BCUT2D eigenvalue weighted by Crippen LogP contribution is -2.43. The molecular formula is C20H32BNO3. The van der Waals surface area contributed by atoms with Crippen molar-refractivity contribution >= 4 is 12.6 Å². The average Bonchev–Trinajstić information content (AvgIpc) is 2.75. The van der Waals surface area contributed by atoms with E-state index in [2.05, 4.69) is 56.9 Å². The molecule has 3 rings (SSSR count). The summed E-state index contributed by atoms with van der Waals surface area (Å²) in [6, 6.07) is 8.61. The van der Waals surface area contributed by atoms with E-state index in [4.69, 9.17) is 9.31 Å². The molecule has 4 nitrogen and oxygen atoms in total. The maximum atomic E-state index is 10.0. The fourth-order valence-electron chi connectivity index (χ4n) is 3.37. The van der Waals surface area contributed by atoms with Crippen molar-refractivity contribution in [3.63, 3.8) is 0 Å². The molecular weight excluding hydrogens is 313 g/mol. The fraction of sp³-hybridized carbons (Fsp3) is 0.700. The summed E-state index contributed by atoms with van der Waals surface area (Å²) in [6.45, 7) is 13.3. The molecule has 0 atom stereocenters. The van der Waals surface area contributed by atoms with E-state index in [1.165, 1.54) is 5.56 Å². The summed E-state index contributed by atoms with van der Waals surface area (Å²) in [5, 5.41) is 10.0. The van der Waals surface area contributed by atoms with Crippen molar-refractivity contribution in [2.45, 2.75) is 70.7 Å². The number of aliphatic hydroxyl groups is 1. The van der Waals surface area contributed by atoms with Gasteiger partial charge in [-0.1, -0.05) is 24.3 Å². The second-order valence-electron chi connectivity index (χ2n) is 8.92. The van der Waals surface area contributed by atoms with Gasteiger partial charge in [0, 0.05) is 19.6 Å². The summed E-state index contributed by atoms with van der Waals surface area (Å²) in [5.74, 6) is 0. The van der Waals surface area contributed by atoms with Crippen molar-refractivity contribution in [3.05, 3.63) is 29.8 Å². The summed E-state index contributed by atoms with van der Waals surface area (Å²) >= 11 is 0. The molecule has 25 heavy (non-hydrogen) atoms. The molecule has 1 N–H and O–H groups in total. The molecule has 2 aliphatic rings. The minimum atomic E-state index is -0.471. The van der Waals surface area contributed by atoms with Gasteiger partial charge in [0.1, 0.15) is 0 Å². The van der Waals surface area contributed by atoms with Crippen LogP contribution in [0.25, 0.3) is 0 Å². The summed E-state index contributed by atoms with van der Waals surface area (Å²) in [5.41, 5.74) is 1.34. The molecule has 0 radical (unpaired) electrons. The van der Waals surface area contributed by atoms with Crippen LogP contribution in [0, 0.1) is 0 Å². The molecule has 0 unspecified atom stereocenters. The normalized spacial score (nSPS) is 25.3. The van der Waals surface area contributed by atoms with Gasteiger partial charge in [0.25, 0.3) is 0 Å². The van der Waals surface area contributed by atoms with Crippen LogP contribution < -0.4 is 5.46 Å². The van der Waals surface area contributed by atoms with Crippen LogP contribution in [0.5, 0.6) is 0 Å². The summed E-state index contributed by atoms with van der Waals surface area (Å²) in [4.78, 5) is 2.44. The van der Waals surface area contributed by atoms with Crippen LogP contribution in [0.2, 0.25) is 0 Å². The minimum Gasteiger partial charge on any atom is -0.399 e. The minimum absolute atomic E-state index is 0.289. The highest BCUT2D eigenvalue weighted by Crippen LogP contribution is 2.36. The van der Waals surface area contributed by atoms with Gasteiger partial charge in [-0.3, -0.25) is 0 Å². The highest BCUT2D eigenvalue weighted by atomic mass is 16.7. The van der Waals surface area contributed by atoms with Gasteiger partial charge in [-0.25, -0.2) is 0 Å². The zero-order valence-corrected chi connectivity index (χ0v) is 16.3. The first-order chi connectivity index (χ1) is 11.6. The first-order valence-corrected chi connectivity index (χ1v) is 9.47. The van der Waals surface area contributed by atoms with Crippen LogP contribution >= 0.6 is 0 Å². The number of hydrogen-bond acceptors (Lipinski definition) is 4. The molecule has 2 saturated heterocycles. The van der Waals surface area contributed by atoms with E-state index >= 15 is 0 Å². The molecule has 1 aromatic rings. The summed E-state index contributed by atoms with van der Waals surface area (Å²) in [7, 11) is -0.289. The van der Waals surface area contributed by atoms with E-state index < -0.39 is 5.60 Å². The Balaban J connectivity index is 1.53. The molecule has 0 aromatic heterocycles. The molecule has 0 bridgehead atoms. The molecule has 0 amide bonds. The van der Waals surface area contributed by atoms with Crippen LogP contribution in [0.3, 0.4) is 0 Å². The van der Waals surface area contributed by atoms with E-state index in [0.29, 0.717) is 0 Å². The monoisotopic (exact) mass is 345 g/mol. The van der Waals surface area contributed by atoms with Gasteiger partial charge < -0.3 is 19.3 Å². The maximum absolute atomic E-state index is 10.0. The van der Waals surface area contributed by atoms with Gasteiger partial charge in [0.05, 0.1) is 16.8 Å². The third-order valence-corrected chi connectivity index (χ3v) is 6.16. The highest BCUT2D eigenvalue weighted by molar-refractivity contribution is 6.62. The third-order valence-electron chi connectivity index (χ3n) is 6.16. The lowest BCUT2D eigenvalue weighted by Gasteiger charge is -2.35. The fourth-order valence-corrected chi connectivity index (χ4v) is 3.37. The maximum Gasteiger partial charge on any atom is 0.494 e. The van der Waals surface area contributed by atoms with Crippen molar-refractivity contribution in [3.8, 4) is 0 Å².